The largest absolute Gasteiger partial charge is 0.414 e. The van der Waals surface area contributed by atoms with Crippen molar-refractivity contribution < 1.29 is 4.43 Å². The van der Waals surface area contributed by atoms with Crippen LogP contribution in [0.2, 0.25) is 18.1 Å². The highest BCUT2D eigenvalue weighted by molar-refractivity contribution is 6.74. The molecule has 0 heterocycles. The van der Waals surface area contributed by atoms with Gasteiger partial charge in [-0.1, -0.05) is 46.8 Å². The molecule has 0 aromatic heterocycles. The van der Waals surface area contributed by atoms with Crippen molar-refractivity contribution in [3.63, 3.8) is 0 Å². The van der Waals surface area contributed by atoms with Gasteiger partial charge in [0.1, 0.15) is 0 Å². The fourth-order valence-corrected chi connectivity index (χ4v) is 5.34. The van der Waals surface area contributed by atoms with Gasteiger partial charge in [0.15, 0.2) is 8.32 Å². The van der Waals surface area contributed by atoms with Crippen LogP contribution in [-0.2, 0) is 4.43 Å². The maximum atomic E-state index is 6.76. The molecule has 0 amide bonds. The fourth-order valence-electron chi connectivity index (χ4n) is 3.94. The summed E-state index contributed by atoms with van der Waals surface area (Å²) in [5.74, 6) is 1.64. The van der Waals surface area contributed by atoms with Gasteiger partial charge in [-0.2, -0.15) is 0 Å². The zero-order valence-electron chi connectivity index (χ0n) is 15.3. The predicted molar refractivity (Wildman–Crippen MR) is 95.1 cm³/mol. The maximum absolute atomic E-state index is 6.76. The van der Waals surface area contributed by atoms with Crippen LogP contribution in [0.4, 0.5) is 0 Å². The molecular weight excluding hydrogens is 272 g/mol. The van der Waals surface area contributed by atoms with Crippen LogP contribution in [0.25, 0.3) is 0 Å². The molecule has 0 radical (unpaired) electrons. The Labute approximate surface area is 133 Å². The molecule has 21 heavy (non-hydrogen) atoms. The van der Waals surface area contributed by atoms with E-state index in [0.29, 0.717) is 16.6 Å². The van der Waals surface area contributed by atoms with E-state index in [-0.39, 0.29) is 0 Å². The van der Waals surface area contributed by atoms with Crippen molar-refractivity contribution in [1.82, 2.24) is 0 Å². The van der Waals surface area contributed by atoms with Crippen molar-refractivity contribution in [2.45, 2.75) is 91.0 Å². The lowest BCUT2D eigenvalue weighted by molar-refractivity contribution is 0.132. The minimum absolute atomic E-state index is 0.319. The molecule has 0 aromatic carbocycles. The number of rotatable bonds is 2. The molecule has 0 spiro atoms. The second-order valence-corrected chi connectivity index (χ2v) is 14.5. The average Bonchev–Trinajstić information content (AvgIpc) is 2.54. The summed E-state index contributed by atoms with van der Waals surface area (Å²) in [6, 6.07) is 0. The van der Waals surface area contributed by atoms with E-state index in [4.69, 9.17) is 4.43 Å². The summed E-state index contributed by atoms with van der Waals surface area (Å²) >= 11 is 0. The molecule has 2 aliphatic rings. The van der Waals surface area contributed by atoms with Crippen LogP contribution in [0.1, 0.15) is 66.7 Å². The Kier molecular flexibility index (Phi) is 4.81. The van der Waals surface area contributed by atoms with Crippen LogP contribution in [0.3, 0.4) is 0 Å². The van der Waals surface area contributed by atoms with E-state index in [1.54, 1.807) is 0 Å². The van der Waals surface area contributed by atoms with Crippen LogP contribution < -0.4 is 0 Å². The Bertz CT molecular complexity index is 389. The van der Waals surface area contributed by atoms with E-state index in [0.717, 1.165) is 11.8 Å². The van der Waals surface area contributed by atoms with Crippen molar-refractivity contribution in [3.8, 4) is 0 Å². The summed E-state index contributed by atoms with van der Waals surface area (Å²) in [4.78, 5) is 0. The molecule has 0 bridgehead atoms. The van der Waals surface area contributed by atoms with Gasteiger partial charge in [0, 0.05) is 6.10 Å². The van der Waals surface area contributed by atoms with E-state index in [1.165, 1.54) is 32.1 Å². The molecule has 2 heteroatoms. The SMILES string of the molecule is CC1(C)C[C@@H]2C[C@@H](O[Si](C)(C)C(C)(C)C)CC/C=C\[C@@H]2C1. The third-order valence-corrected chi connectivity index (χ3v) is 10.6. The molecule has 0 aromatic rings. The first-order valence-electron chi connectivity index (χ1n) is 8.85. The predicted octanol–water partition coefficient (Wildman–Crippen LogP) is 6.17. The summed E-state index contributed by atoms with van der Waals surface area (Å²) in [6.07, 6.45) is 11.9. The van der Waals surface area contributed by atoms with Crippen molar-refractivity contribution in [2.75, 3.05) is 0 Å². The maximum Gasteiger partial charge on any atom is 0.192 e. The van der Waals surface area contributed by atoms with E-state index >= 15 is 0 Å². The summed E-state index contributed by atoms with van der Waals surface area (Å²) in [5, 5.41) is 0.319. The highest BCUT2D eigenvalue weighted by atomic mass is 28.4. The first kappa shape index (κ1) is 17.3. The van der Waals surface area contributed by atoms with Gasteiger partial charge in [-0.15, -0.1) is 0 Å². The van der Waals surface area contributed by atoms with Gasteiger partial charge in [-0.25, -0.2) is 0 Å². The fraction of sp³-hybridized carbons (Fsp3) is 0.895. The Morgan fingerprint density at radius 3 is 2.43 bits per heavy atom. The molecule has 122 valence electrons. The minimum atomic E-state index is -1.63. The Morgan fingerprint density at radius 1 is 1.14 bits per heavy atom. The second-order valence-electron chi connectivity index (χ2n) is 9.74. The first-order chi connectivity index (χ1) is 9.50. The smallest absolute Gasteiger partial charge is 0.192 e. The van der Waals surface area contributed by atoms with Gasteiger partial charge in [0.05, 0.1) is 0 Å². The number of allylic oxidation sites excluding steroid dienone is 2. The second kappa shape index (κ2) is 5.85. The molecule has 2 rings (SSSR count). The summed E-state index contributed by atoms with van der Waals surface area (Å²) < 4.78 is 6.76. The monoisotopic (exact) mass is 308 g/mol. The van der Waals surface area contributed by atoms with E-state index in [1.807, 2.05) is 0 Å². The van der Waals surface area contributed by atoms with Crippen LogP contribution in [0, 0.1) is 17.3 Å². The van der Waals surface area contributed by atoms with Crippen LogP contribution >= 0.6 is 0 Å². The molecule has 3 atom stereocenters. The third-order valence-electron chi connectivity index (χ3n) is 6.08. The highest BCUT2D eigenvalue weighted by Crippen LogP contribution is 2.49. The van der Waals surface area contributed by atoms with Gasteiger partial charge in [0.25, 0.3) is 0 Å². The van der Waals surface area contributed by atoms with Gasteiger partial charge in [-0.05, 0) is 67.5 Å². The Balaban J connectivity index is 2.07. The van der Waals surface area contributed by atoms with Gasteiger partial charge in [0.2, 0.25) is 0 Å². The lowest BCUT2D eigenvalue weighted by atomic mass is 9.86. The molecule has 1 saturated carbocycles. The highest BCUT2D eigenvalue weighted by Gasteiger charge is 2.42. The first-order valence-corrected chi connectivity index (χ1v) is 11.8. The van der Waals surface area contributed by atoms with Crippen LogP contribution in [0.5, 0.6) is 0 Å². The van der Waals surface area contributed by atoms with E-state index in [9.17, 15) is 0 Å². The summed E-state index contributed by atoms with van der Waals surface area (Å²) in [7, 11) is -1.63. The number of hydrogen-bond donors (Lipinski definition) is 0. The minimum Gasteiger partial charge on any atom is -0.414 e. The Morgan fingerprint density at radius 2 is 1.81 bits per heavy atom. The van der Waals surface area contributed by atoms with Crippen LogP contribution in [-0.4, -0.2) is 14.4 Å². The molecule has 1 fully saturated rings. The normalized spacial score (nSPS) is 34.9. The topological polar surface area (TPSA) is 9.23 Å². The molecule has 0 N–H and O–H groups in total. The lowest BCUT2D eigenvalue weighted by Crippen LogP contribution is -2.44. The molecule has 1 nitrogen and oxygen atoms in total. The van der Waals surface area contributed by atoms with Crippen LogP contribution in [0.15, 0.2) is 12.2 Å². The third kappa shape index (κ3) is 4.22. The summed E-state index contributed by atoms with van der Waals surface area (Å²) in [6.45, 7) is 16.7. The number of fused-ring (bicyclic) bond motifs is 1. The summed E-state index contributed by atoms with van der Waals surface area (Å²) in [5.41, 5.74) is 0.519. The lowest BCUT2D eigenvalue weighted by Gasteiger charge is -2.40. The molecule has 2 aliphatic carbocycles. The average molecular weight is 309 g/mol. The van der Waals surface area contributed by atoms with E-state index < -0.39 is 8.32 Å². The van der Waals surface area contributed by atoms with Crippen molar-refractivity contribution in [2.24, 2.45) is 17.3 Å². The van der Waals surface area contributed by atoms with Gasteiger partial charge < -0.3 is 4.43 Å². The molecule has 0 saturated heterocycles. The van der Waals surface area contributed by atoms with E-state index in [2.05, 4.69) is 59.9 Å². The van der Waals surface area contributed by atoms with Crippen molar-refractivity contribution in [1.29, 1.82) is 0 Å². The molecule has 0 unspecified atom stereocenters. The van der Waals surface area contributed by atoms with Crippen molar-refractivity contribution >= 4 is 8.32 Å². The molecular formula is C19H36OSi. The zero-order valence-corrected chi connectivity index (χ0v) is 16.3. The van der Waals surface area contributed by atoms with Gasteiger partial charge >= 0.3 is 0 Å². The standard InChI is InChI=1S/C19H36OSi/c1-18(2,3)21(6,7)20-17-11-9-8-10-15-13-19(4,5)14-16(15)12-17/h8,10,15-17H,9,11-14H2,1-7H3/b10-8-/t15-,16+,17+/m1/s1. The zero-order chi connectivity index (χ0) is 15.9. The Hall–Kier alpha value is -0.0831. The quantitative estimate of drug-likeness (QED) is 0.438. The van der Waals surface area contributed by atoms with Crippen molar-refractivity contribution in [3.05, 3.63) is 12.2 Å². The molecule has 0 aliphatic heterocycles. The number of hydrogen-bond acceptors (Lipinski definition) is 1. The van der Waals surface area contributed by atoms with Gasteiger partial charge in [-0.3, -0.25) is 0 Å².